The normalized spacial score (nSPS) is 11.4. The lowest BCUT2D eigenvalue weighted by Gasteiger charge is -2.26. The zero-order valence-corrected chi connectivity index (χ0v) is 11.4. The molecule has 0 aliphatic rings. The molecule has 1 aromatic rings. The van der Waals surface area contributed by atoms with Crippen molar-refractivity contribution in [3.63, 3.8) is 0 Å². The van der Waals surface area contributed by atoms with Crippen LogP contribution in [0.4, 0.5) is 10.1 Å². The minimum atomic E-state index is -0.467. The molecule has 0 aromatic heterocycles. The van der Waals surface area contributed by atoms with E-state index in [1.165, 1.54) is 12.1 Å². The Bertz CT molecular complexity index is 420. The molecule has 0 saturated heterocycles. The second-order valence-corrected chi connectivity index (χ2v) is 4.59. The molecule has 0 atom stereocenters. The molecule has 0 heterocycles. The van der Waals surface area contributed by atoms with Crippen LogP contribution in [0.1, 0.15) is 26.7 Å². The van der Waals surface area contributed by atoms with Crippen LogP contribution in [0.25, 0.3) is 0 Å². The molecule has 0 radical (unpaired) electrons. The molecule has 106 valence electrons. The minimum Gasteiger partial charge on any atom is -0.370 e. The number of hydrogen-bond acceptors (Lipinski definition) is 3. The van der Waals surface area contributed by atoms with Crippen molar-refractivity contribution in [3.8, 4) is 0 Å². The predicted molar refractivity (Wildman–Crippen MR) is 73.3 cm³/mol. The van der Waals surface area contributed by atoms with Crippen molar-refractivity contribution in [3.05, 3.63) is 30.1 Å². The van der Waals surface area contributed by atoms with Gasteiger partial charge in [0.2, 0.25) is 5.91 Å². The van der Waals surface area contributed by atoms with Gasteiger partial charge in [0.1, 0.15) is 12.4 Å². The van der Waals surface area contributed by atoms with Gasteiger partial charge in [-0.1, -0.05) is 26.0 Å². The molecule has 1 aromatic carbocycles. The first kappa shape index (κ1) is 15.6. The lowest BCUT2D eigenvalue weighted by Crippen LogP contribution is -2.43. The van der Waals surface area contributed by atoms with Gasteiger partial charge in [0.25, 0.3) is 0 Å². The van der Waals surface area contributed by atoms with E-state index in [0.717, 1.165) is 12.8 Å². The summed E-state index contributed by atoms with van der Waals surface area (Å²) in [4.78, 5) is 11.6. The van der Waals surface area contributed by atoms with Crippen LogP contribution in [0.3, 0.4) is 0 Å². The molecule has 0 saturated carbocycles. The maximum Gasteiger partial charge on any atom is 0.250 e. The SMILES string of the molecule is CCC(N)(CC)COCC(=O)Nc1ccccc1F. The number of amides is 1. The van der Waals surface area contributed by atoms with Gasteiger partial charge in [-0.15, -0.1) is 0 Å². The maximum atomic E-state index is 13.3. The van der Waals surface area contributed by atoms with Gasteiger partial charge >= 0.3 is 0 Å². The zero-order valence-electron chi connectivity index (χ0n) is 11.4. The summed E-state index contributed by atoms with van der Waals surface area (Å²) in [7, 11) is 0. The smallest absolute Gasteiger partial charge is 0.250 e. The third kappa shape index (κ3) is 4.96. The molecule has 0 spiro atoms. The number of para-hydroxylation sites is 1. The molecule has 0 aliphatic carbocycles. The molecule has 1 rings (SSSR count). The van der Waals surface area contributed by atoms with Gasteiger partial charge in [-0.2, -0.15) is 0 Å². The number of ether oxygens (including phenoxy) is 1. The van der Waals surface area contributed by atoms with E-state index in [1.54, 1.807) is 12.1 Å². The molecular formula is C14H21FN2O2. The van der Waals surface area contributed by atoms with Crippen molar-refractivity contribution >= 4 is 11.6 Å². The molecule has 19 heavy (non-hydrogen) atoms. The monoisotopic (exact) mass is 268 g/mol. The third-order valence-electron chi connectivity index (χ3n) is 3.18. The lowest BCUT2D eigenvalue weighted by atomic mass is 9.96. The summed E-state index contributed by atoms with van der Waals surface area (Å²) < 4.78 is 18.6. The third-order valence-corrected chi connectivity index (χ3v) is 3.18. The number of carbonyl (C=O) groups excluding carboxylic acids is 1. The van der Waals surface area contributed by atoms with Crippen molar-refractivity contribution in [2.24, 2.45) is 5.73 Å². The molecule has 0 unspecified atom stereocenters. The molecule has 4 nitrogen and oxygen atoms in total. The highest BCUT2D eigenvalue weighted by molar-refractivity contribution is 5.91. The Hall–Kier alpha value is -1.46. The topological polar surface area (TPSA) is 64.3 Å². The summed E-state index contributed by atoms with van der Waals surface area (Å²) in [6.07, 6.45) is 1.55. The summed E-state index contributed by atoms with van der Waals surface area (Å²) in [5, 5.41) is 2.45. The second-order valence-electron chi connectivity index (χ2n) is 4.59. The van der Waals surface area contributed by atoms with E-state index < -0.39 is 11.4 Å². The Kier molecular flexibility index (Phi) is 5.92. The van der Waals surface area contributed by atoms with E-state index in [4.69, 9.17) is 10.5 Å². The van der Waals surface area contributed by atoms with Crippen LogP contribution in [-0.4, -0.2) is 24.7 Å². The number of carbonyl (C=O) groups is 1. The zero-order chi connectivity index (χ0) is 14.3. The van der Waals surface area contributed by atoms with Crippen LogP contribution >= 0.6 is 0 Å². The summed E-state index contributed by atoms with van der Waals surface area (Å²) in [6, 6.07) is 6.00. The van der Waals surface area contributed by atoms with Crippen LogP contribution in [-0.2, 0) is 9.53 Å². The van der Waals surface area contributed by atoms with Crippen LogP contribution in [0.15, 0.2) is 24.3 Å². The Morgan fingerprint density at radius 2 is 2.00 bits per heavy atom. The highest BCUT2D eigenvalue weighted by Crippen LogP contribution is 2.13. The number of halogens is 1. The van der Waals surface area contributed by atoms with Gasteiger partial charge in [0.15, 0.2) is 0 Å². The first-order chi connectivity index (χ1) is 9.00. The van der Waals surface area contributed by atoms with E-state index >= 15 is 0 Å². The van der Waals surface area contributed by atoms with E-state index in [-0.39, 0.29) is 18.2 Å². The summed E-state index contributed by atoms with van der Waals surface area (Å²) >= 11 is 0. The van der Waals surface area contributed by atoms with Crippen LogP contribution < -0.4 is 11.1 Å². The highest BCUT2D eigenvalue weighted by Gasteiger charge is 2.20. The van der Waals surface area contributed by atoms with Crippen molar-refractivity contribution in [1.82, 2.24) is 0 Å². The summed E-state index contributed by atoms with van der Waals surface area (Å²) in [5.74, 6) is -0.856. The van der Waals surface area contributed by atoms with E-state index in [0.29, 0.717) is 6.61 Å². The molecule has 3 N–H and O–H groups in total. The van der Waals surface area contributed by atoms with Gasteiger partial charge in [0, 0.05) is 5.54 Å². The Labute approximate surface area is 113 Å². The van der Waals surface area contributed by atoms with Gasteiger partial charge < -0.3 is 15.8 Å². The van der Waals surface area contributed by atoms with Crippen molar-refractivity contribution < 1.29 is 13.9 Å². The average Bonchev–Trinajstić information content (AvgIpc) is 2.41. The first-order valence-corrected chi connectivity index (χ1v) is 6.41. The first-order valence-electron chi connectivity index (χ1n) is 6.41. The number of benzene rings is 1. The Morgan fingerprint density at radius 1 is 1.37 bits per heavy atom. The number of rotatable bonds is 7. The van der Waals surface area contributed by atoms with Crippen LogP contribution in [0.5, 0.6) is 0 Å². The quantitative estimate of drug-likeness (QED) is 0.797. The minimum absolute atomic E-state index is 0.132. The predicted octanol–water partition coefficient (Wildman–Crippen LogP) is 2.30. The number of nitrogens with two attached hydrogens (primary N) is 1. The largest absolute Gasteiger partial charge is 0.370 e. The van der Waals surface area contributed by atoms with E-state index in [9.17, 15) is 9.18 Å². The molecule has 0 bridgehead atoms. The van der Waals surface area contributed by atoms with Gasteiger partial charge in [-0.05, 0) is 25.0 Å². The highest BCUT2D eigenvalue weighted by atomic mass is 19.1. The number of nitrogens with one attached hydrogen (secondary N) is 1. The van der Waals surface area contributed by atoms with Crippen molar-refractivity contribution in [2.75, 3.05) is 18.5 Å². The van der Waals surface area contributed by atoms with Crippen LogP contribution in [0.2, 0.25) is 0 Å². The van der Waals surface area contributed by atoms with Gasteiger partial charge in [-0.25, -0.2) is 4.39 Å². The van der Waals surface area contributed by atoms with E-state index in [2.05, 4.69) is 5.32 Å². The number of anilines is 1. The van der Waals surface area contributed by atoms with Crippen LogP contribution in [0, 0.1) is 5.82 Å². The second kappa shape index (κ2) is 7.21. The summed E-state index contributed by atoms with van der Waals surface area (Å²) in [5.41, 5.74) is 5.79. The fourth-order valence-corrected chi connectivity index (χ4v) is 1.55. The maximum absolute atomic E-state index is 13.3. The average molecular weight is 268 g/mol. The van der Waals surface area contributed by atoms with Gasteiger partial charge in [-0.3, -0.25) is 4.79 Å². The molecule has 5 heteroatoms. The van der Waals surface area contributed by atoms with Gasteiger partial charge in [0.05, 0.1) is 12.3 Å². The van der Waals surface area contributed by atoms with E-state index in [1.807, 2.05) is 13.8 Å². The fourth-order valence-electron chi connectivity index (χ4n) is 1.55. The van der Waals surface area contributed by atoms with Crippen molar-refractivity contribution in [2.45, 2.75) is 32.2 Å². The standard InChI is InChI=1S/C14H21FN2O2/c1-3-14(16,4-2)10-19-9-13(18)17-12-8-6-5-7-11(12)15/h5-8H,3-4,9-10,16H2,1-2H3,(H,17,18). The fraction of sp³-hybridized carbons (Fsp3) is 0.500. The lowest BCUT2D eigenvalue weighted by molar-refractivity contribution is -0.121. The molecule has 0 fully saturated rings. The summed E-state index contributed by atoms with van der Waals surface area (Å²) in [6.45, 7) is 4.14. The molecular weight excluding hydrogens is 247 g/mol. The number of hydrogen-bond donors (Lipinski definition) is 2. The molecule has 0 aliphatic heterocycles. The van der Waals surface area contributed by atoms with Crippen molar-refractivity contribution in [1.29, 1.82) is 0 Å². The Balaban J connectivity index is 2.39. The Morgan fingerprint density at radius 3 is 2.58 bits per heavy atom. The molecule has 1 amide bonds.